The molecule has 2 N–H and O–H groups in total. The van der Waals surface area contributed by atoms with E-state index in [0.717, 1.165) is 43.4 Å². The first-order valence-electron chi connectivity index (χ1n) is 8.46. The van der Waals surface area contributed by atoms with Crippen LogP contribution in [0.3, 0.4) is 0 Å². The molecule has 5 heteroatoms. The molecule has 124 valence electrons. The van der Waals surface area contributed by atoms with Crippen LogP contribution in [0.2, 0.25) is 0 Å². The van der Waals surface area contributed by atoms with E-state index < -0.39 is 0 Å². The largest absolute Gasteiger partial charge is 0.353 e. The number of piperidine rings is 2. The van der Waals surface area contributed by atoms with E-state index in [4.69, 9.17) is 0 Å². The molecule has 0 radical (unpaired) electrons. The second-order valence-corrected chi connectivity index (χ2v) is 6.76. The molecule has 3 amide bonds. The lowest BCUT2D eigenvalue weighted by Crippen LogP contribution is -2.59. The van der Waals surface area contributed by atoms with Crippen molar-refractivity contribution < 1.29 is 9.59 Å². The van der Waals surface area contributed by atoms with Crippen LogP contribution in [-0.2, 0) is 4.79 Å². The molecule has 2 saturated heterocycles. The van der Waals surface area contributed by atoms with Gasteiger partial charge in [-0.3, -0.25) is 4.79 Å². The highest BCUT2D eigenvalue weighted by molar-refractivity contribution is 5.90. The van der Waals surface area contributed by atoms with E-state index >= 15 is 0 Å². The first-order chi connectivity index (χ1) is 11.0. The Morgan fingerprint density at radius 2 is 1.78 bits per heavy atom. The quantitative estimate of drug-likeness (QED) is 0.881. The number of fused-ring (bicyclic) bond motifs is 2. The number of anilines is 1. The third-order valence-corrected chi connectivity index (χ3v) is 5.00. The van der Waals surface area contributed by atoms with Crippen LogP contribution in [0.5, 0.6) is 0 Å². The number of nitrogens with zero attached hydrogens (tertiary/aromatic N) is 1. The van der Waals surface area contributed by atoms with Gasteiger partial charge in [-0.05, 0) is 50.7 Å². The fraction of sp³-hybridized carbons (Fsp3) is 0.556. The van der Waals surface area contributed by atoms with Gasteiger partial charge in [0, 0.05) is 30.7 Å². The van der Waals surface area contributed by atoms with Gasteiger partial charge in [-0.2, -0.15) is 0 Å². The summed E-state index contributed by atoms with van der Waals surface area (Å²) in [6, 6.07) is 8.49. The molecule has 0 aliphatic carbocycles. The molecule has 0 unspecified atom stereocenters. The van der Waals surface area contributed by atoms with Crippen LogP contribution in [0.1, 0.15) is 44.6 Å². The first kappa shape index (κ1) is 15.8. The summed E-state index contributed by atoms with van der Waals surface area (Å²) in [5.74, 6) is 0.0193. The van der Waals surface area contributed by atoms with E-state index in [9.17, 15) is 9.59 Å². The Balaban J connectivity index is 1.71. The zero-order valence-corrected chi connectivity index (χ0v) is 13.8. The van der Waals surface area contributed by atoms with Gasteiger partial charge in [-0.1, -0.05) is 18.2 Å². The number of hydrogen-bond donors (Lipinski definition) is 2. The fourth-order valence-electron chi connectivity index (χ4n) is 4.01. The average molecular weight is 315 g/mol. The molecule has 3 rings (SSSR count). The number of urea groups is 1. The predicted molar refractivity (Wildman–Crippen MR) is 90.3 cm³/mol. The number of carbonyl (C=O) groups is 2. The van der Waals surface area contributed by atoms with Gasteiger partial charge in [-0.25, -0.2) is 4.79 Å². The summed E-state index contributed by atoms with van der Waals surface area (Å²) in [6.45, 7) is 3.56. The van der Waals surface area contributed by atoms with Gasteiger partial charge in [0.05, 0.1) is 0 Å². The molecule has 2 fully saturated rings. The second-order valence-electron chi connectivity index (χ2n) is 6.76. The van der Waals surface area contributed by atoms with Crippen molar-refractivity contribution in [3.05, 3.63) is 29.8 Å². The Morgan fingerprint density at radius 3 is 2.39 bits per heavy atom. The van der Waals surface area contributed by atoms with Gasteiger partial charge in [-0.15, -0.1) is 0 Å². The molecule has 2 aliphatic heterocycles. The number of carbonyl (C=O) groups excluding carboxylic acids is 2. The molecule has 2 atom stereocenters. The molecule has 0 spiro atoms. The Morgan fingerprint density at radius 1 is 1.13 bits per heavy atom. The van der Waals surface area contributed by atoms with Crippen LogP contribution < -0.4 is 10.6 Å². The maximum atomic E-state index is 12.8. The zero-order chi connectivity index (χ0) is 16.4. The number of rotatable bonds is 2. The highest BCUT2D eigenvalue weighted by atomic mass is 16.2. The molecule has 1 aromatic rings. The van der Waals surface area contributed by atoms with E-state index in [2.05, 4.69) is 10.6 Å². The number of amides is 3. The summed E-state index contributed by atoms with van der Waals surface area (Å²) in [5, 5.41) is 6.10. The van der Waals surface area contributed by atoms with Crippen LogP contribution in [0, 0.1) is 6.92 Å². The lowest BCUT2D eigenvalue weighted by molar-refractivity contribution is -0.120. The number of benzene rings is 1. The summed E-state index contributed by atoms with van der Waals surface area (Å²) >= 11 is 0. The van der Waals surface area contributed by atoms with Crippen LogP contribution in [0.15, 0.2) is 24.3 Å². The molecule has 2 bridgehead atoms. The van der Waals surface area contributed by atoms with E-state index in [-0.39, 0.29) is 30.1 Å². The summed E-state index contributed by atoms with van der Waals surface area (Å²) in [4.78, 5) is 26.1. The smallest absolute Gasteiger partial charge is 0.322 e. The van der Waals surface area contributed by atoms with E-state index in [1.54, 1.807) is 6.92 Å². The third kappa shape index (κ3) is 3.49. The minimum atomic E-state index is -0.00437. The fourth-order valence-corrected chi connectivity index (χ4v) is 4.01. The van der Waals surface area contributed by atoms with E-state index in [1.165, 1.54) is 0 Å². The monoisotopic (exact) mass is 315 g/mol. The van der Waals surface area contributed by atoms with Gasteiger partial charge >= 0.3 is 6.03 Å². The van der Waals surface area contributed by atoms with Gasteiger partial charge in [0.25, 0.3) is 0 Å². The molecule has 5 nitrogen and oxygen atoms in total. The van der Waals surface area contributed by atoms with Crippen molar-refractivity contribution in [1.29, 1.82) is 0 Å². The van der Waals surface area contributed by atoms with E-state index in [0.29, 0.717) is 0 Å². The lowest BCUT2D eigenvalue weighted by Gasteiger charge is -2.48. The predicted octanol–water partition coefficient (Wildman–Crippen LogP) is 3.05. The Labute approximate surface area is 137 Å². The molecule has 2 heterocycles. The topological polar surface area (TPSA) is 61.4 Å². The molecular formula is C18H25N3O2. The minimum absolute atomic E-state index is 0.00437. The van der Waals surface area contributed by atoms with Crippen LogP contribution >= 0.6 is 0 Å². The summed E-state index contributed by atoms with van der Waals surface area (Å²) in [6.07, 6.45) is 4.92. The molecule has 1 aromatic carbocycles. The average Bonchev–Trinajstić information content (AvgIpc) is 2.48. The SMILES string of the molecule is CC(=O)NC1C[C@H]2CCC[C@H](C1)N2C(=O)Nc1ccccc1C. The minimum Gasteiger partial charge on any atom is -0.353 e. The molecule has 0 saturated carbocycles. The van der Waals surface area contributed by atoms with Gasteiger partial charge in [0.2, 0.25) is 5.91 Å². The number of hydrogen-bond acceptors (Lipinski definition) is 2. The summed E-state index contributed by atoms with van der Waals surface area (Å²) in [7, 11) is 0. The van der Waals surface area contributed by atoms with Crippen molar-refractivity contribution in [2.24, 2.45) is 0 Å². The van der Waals surface area contributed by atoms with Crippen molar-refractivity contribution in [3.8, 4) is 0 Å². The highest BCUT2D eigenvalue weighted by Gasteiger charge is 2.41. The van der Waals surface area contributed by atoms with Crippen molar-refractivity contribution in [3.63, 3.8) is 0 Å². The van der Waals surface area contributed by atoms with Gasteiger partial charge in [0.15, 0.2) is 0 Å². The van der Waals surface area contributed by atoms with Crippen LogP contribution in [-0.4, -0.2) is 35.0 Å². The first-order valence-corrected chi connectivity index (χ1v) is 8.46. The Bertz CT molecular complexity index is 588. The number of aryl methyl sites for hydroxylation is 1. The molecular weight excluding hydrogens is 290 g/mol. The van der Waals surface area contributed by atoms with Crippen molar-refractivity contribution in [2.45, 2.75) is 64.1 Å². The summed E-state index contributed by atoms with van der Waals surface area (Å²) < 4.78 is 0. The lowest BCUT2D eigenvalue weighted by atomic mass is 9.82. The highest BCUT2D eigenvalue weighted by Crippen LogP contribution is 2.34. The van der Waals surface area contributed by atoms with Crippen molar-refractivity contribution in [2.75, 3.05) is 5.32 Å². The standard InChI is InChI=1S/C18H25N3O2/c1-12-6-3-4-9-17(12)20-18(23)21-15-7-5-8-16(21)11-14(10-15)19-13(2)22/h3-4,6,9,14-16H,5,7-8,10-11H2,1-2H3,(H,19,22)(H,20,23)/t15-,16-/m1/s1. The molecule has 23 heavy (non-hydrogen) atoms. The molecule has 2 aliphatic rings. The maximum Gasteiger partial charge on any atom is 0.322 e. The van der Waals surface area contributed by atoms with Gasteiger partial charge < -0.3 is 15.5 Å². The van der Waals surface area contributed by atoms with Crippen molar-refractivity contribution >= 4 is 17.6 Å². The Kier molecular flexibility index (Phi) is 4.55. The van der Waals surface area contributed by atoms with Gasteiger partial charge in [0.1, 0.15) is 0 Å². The number of para-hydroxylation sites is 1. The van der Waals surface area contributed by atoms with Crippen LogP contribution in [0.25, 0.3) is 0 Å². The zero-order valence-electron chi connectivity index (χ0n) is 13.8. The summed E-state index contributed by atoms with van der Waals surface area (Å²) in [5.41, 5.74) is 1.94. The Hall–Kier alpha value is -2.04. The second kappa shape index (κ2) is 6.60. The normalized spacial score (nSPS) is 26.5. The maximum absolute atomic E-state index is 12.8. The molecule has 0 aromatic heterocycles. The number of nitrogens with one attached hydrogen (secondary N) is 2. The van der Waals surface area contributed by atoms with Crippen molar-refractivity contribution in [1.82, 2.24) is 10.2 Å². The van der Waals surface area contributed by atoms with Crippen LogP contribution in [0.4, 0.5) is 10.5 Å². The third-order valence-electron chi connectivity index (χ3n) is 5.00. The van der Waals surface area contributed by atoms with E-state index in [1.807, 2.05) is 36.1 Å².